The van der Waals surface area contributed by atoms with Gasteiger partial charge in [-0.2, -0.15) is 0 Å². The van der Waals surface area contributed by atoms with Crippen molar-refractivity contribution in [2.45, 2.75) is 31.7 Å². The molecule has 88 valence electrons. The molecule has 0 bridgehead atoms. The van der Waals surface area contributed by atoms with Crippen LogP contribution in [0.4, 0.5) is 0 Å². The molecule has 1 unspecified atom stereocenters. The van der Waals surface area contributed by atoms with E-state index in [4.69, 9.17) is 22.1 Å². The Bertz CT molecular complexity index is 359. The molecule has 1 aromatic carbocycles. The highest BCUT2D eigenvalue weighted by Gasteiger charge is 2.18. The number of hydrogen-bond acceptors (Lipinski definition) is 2. The van der Waals surface area contributed by atoms with E-state index >= 15 is 0 Å². The van der Waals surface area contributed by atoms with Crippen LogP contribution in [-0.2, 0) is 4.74 Å². The largest absolute Gasteiger partial charge is 0.381 e. The molecule has 1 atom stereocenters. The predicted octanol–water partition coefficient (Wildman–Crippen LogP) is 3.25. The van der Waals surface area contributed by atoms with Crippen molar-refractivity contribution in [3.05, 3.63) is 34.3 Å². The zero-order valence-corrected chi connectivity index (χ0v) is 10.3. The van der Waals surface area contributed by atoms with Crippen molar-refractivity contribution in [1.29, 1.82) is 0 Å². The molecule has 1 aromatic rings. The molecule has 2 rings (SSSR count). The van der Waals surface area contributed by atoms with Gasteiger partial charge in [-0.25, -0.2) is 0 Å². The van der Waals surface area contributed by atoms with Crippen LogP contribution in [0.15, 0.2) is 18.2 Å². The molecule has 0 spiro atoms. The molecule has 0 aromatic heterocycles. The van der Waals surface area contributed by atoms with Crippen molar-refractivity contribution in [2.75, 3.05) is 13.2 Å². The second-order valence-corrected chi connectivity index (χ2v) is 4.86. The van der Waals surface area contributed by atoms with Gasteiger partial charge in [-0.3, -0.25) is 0 Å². The van der Waals surface area contributed by atoms with Crippen molar-refractivity contribution >= 4 is 11.6 Å². The first kappa shape index (κ1) is 11.9. The van der Waals surface area contributed by atoms with Gasteiger partial charge in [-0.05, 0) is 42.9 Å². The lowest BCUT2D eigenvalue weighted by molar-refractivity contribution is 0.0853. The van der Waals surface area contributed by atoms with Crippen molar-refractivity contribution in [3.63, 3.8) is 0 Å². The number of nitrogens with two attached hydrogens (primary N) is 1. The highest BCUT2D eigenvalue weighted by atomic mass is 35.5. The maximum atomic E-state index is 6.31. The van der Waals surface area contributed by atoms with Crippen molar-refractivity contribution in [1.82, 2.24) is 0 Å². The predicted molar refractivity (Wildman–Crippen MR) is 66.8 cm³/mol. The summed E-state index contributed by atoms with van der Waals surface area (Å²) in [4.78, 5) is 0. The molecular weight excluding hydrogens is 222 g/mol. The van der Waals surface area contributed by atoms with Gasteiger partial charge >= 0.3 is 0 Å². The Morgan fingerprint density at radius 3 is 2.62 bits per heavy atom. The number of hydrogen-bond donors (Lipinski definition) is 1. The average Bonchev–Trinajstić information content (AvgIpc) is 2.30. The highest BCUT2D eigenvalue weighted by Crippen LogP contribution is 2.33. The molecule has 0 aliphatic carbocycles. The van der Waals surface area contributed by atoms with Crippen LogP contribution in [0.5, 0.6) is 0 Å². The Hall–Kier alpha value is -0.570. The van der Waals surface area contributed by atoms with E-state index < -0.39 is 0 Å². The molecule has 1 aliphatic rings. The molecule has 3 heteroatoms. The van der Waals surface area contributed by atoms with Crippen molar-refractivity contribution < 1.29 is 4.74 Å². The molecular formula is C13H18ClNO. The number of ether oxygens (including phenoxy) is 1. The third kappa shape index (κ3) is 2.57. The minimum atomic E-state index is 0.0428. The Labute approximate surface area is 102 Å². The summed E-state index contributed by atoms with van der Waals surface area (Å²) in [7, 11) is 0. The highest BCUT2D eigenvalue weighted by molar-refractivity contribution is 6.31. The van der Waals surface area contributed by atoms with Crippen molar-refractivity contribution in [2.24, 2.45) is 5.73 Å². The lowest BCUT2D eigenvalue weighted by atomic mass is 9.90. The molecule has 1 heterocycles. The van der Waals surface area contributed by atoms with E-state index in [1.54, 1.807) is 0 Å². The summed E-state index contributed by atoms with van der Waals surface area (Å²) in [5.41, 5.74) is 8.18. The number of rotatable bonds is 2. The summed E-state index contributed by atoms with van der Waals surface area (Å²) in [5.74, 6) is 0.545. The molecule has 16 heavy (non-hydrogen) atoms. The molecule has 2 N–H and O–H groups in total. The van der Waals surface area contributed by atoms with Crippen molar-refractivity contribution in [3.8, 4) is 0 Å². The normalized spacial score (nSPS) is 19.7. The third-order valence-corrected chi connectivity index (χ3v) is 3.54. The first-order chi connectivity index (χ1) is 7.68. The Kier molecular flexibility index (Phi) is 3.85. The standard InChI is InChI=1S/C13H18ClNO/c1-9(15)11-2-3-12(13(14)8-11)10-4-6-16-7-5-10/h2-3,8-10H,4-7,15H2,1H3. The van der Waals surface area contributed by atoms with Gasteiger partial charge in [0.1, 0.15) is 0 Å². The van der Waals surface area contributed by atoms with Gasteiger partial charge in [-0.15, -0.1) is 0 Å². The SMILES string of the molecule is CC(N)c1ccc(C2CCOCC2)c(Cl)c1. The fourth-order valence-corrected chi connectivity index (χ4v) is 2.51. The Morgan fingerprint density at radius 1 is 1.38 bits per heavy atom. The molecule has 1 saturated heterocycles. The number of benzene rings is 1. The molecule has 0 amide bonds. The average molecular weight is 240 g/mol. The van der Waals surface area contributed by atoms with Crippen LogP contribution in [0.25, 0.3) is 0 Å². The van der Waals surface area contributed by atoms with Crippen LogP contribution in [0.1, 0.15) is 42.9 Å². The van der Waals surface area contributed by atoms with Gasteiger partial charge in [-0.1, -0.05) is 23.7 Å². The quantitative estimate of drug-likeness (QED) is 0.860. The van der Waals surface area contributed by atoms with Gasteiger partial charge in [0.25, 0.3) is 0 Å². The minimum Gasteiger partial charge on any atom is -0.381 e. The van der Waals surface area contributed by atoms with Gasteiger partial charge in [0, 0.05) is 24.3 Å². The fourth-order valence-electron chi connectivity index (χ4n) is 2.17. The molecule has 1 aliphatic heterocycles. The lowest BCUT2D eigenvalue weighted by Gasteiger charge is -2.23. The van der Waals surface area contributed by atoms with E-state index in [0.29, 0.717) is 5.92 Å². The maximum Gasteiger partial charge on any atom is 0.0471 e. The van der Waals surface area contributed by atoms with E-state index in [-0.39, 0.29) is 6.04 Å². The summed E-state index contributed by atoms with van der Waals surface area (Å²) in [6.45, 7) is 3.66. The second-order valence-electron chi connectivity index (χ2n) is 4.46. The molecule has 2 nitrogen and oxygen atoms in total. The van der Waals surface area contributed by atoms with Crippen LogP contribution in [0.3, 0.4) is 0 Å². The summed E-state index contributed by atoms with van der Waals surface area (Å²) < 4.78 is 5.36. The van der Waals surface area contributed by atoms with Crippen LogP contribution >= 0.6 is 11.6 Å². The summed E-state index contributed by atoms with van der Waals surface area (Å²) in [6.07, 6.45) is 2.13. The van der Waals surface area contributed by atoms with Crippen LogP contribution in [0.2, 0.25) is 5.02 Å². The van der Waals surface area contributed by atoms with Crippen LogP contribution < -0.4 is 5.73 Å². The van der Waals surface area contributed by atoms with Gasteiger partial charge in [0.2, 0.25) is 0 Å². The zero-order chi connectivity index (χ0) is 11.5. The second kappa shape index (κ2) is 5.17. The summed E-state index contributed by atoms with van der Waals surface area (Å²) in [5, 5.41) is 0.849. The minimum absolute atomic E-state index is 0.0428. The monoisotopic (exact) mass is 239 g/mol. The Morgan fingerprint density at radius 2 is 2.06 bits per heavy atom. The summed E-state index contributed by atoms with van der Waals surface area (Å²) in [6, 6.07) is 6.25. The zero-order valence-electron chi connectivity index (χ0n) is 9.58. The van der Waals surface area contributed by atoms with Gasteiger partial charge in [0.15, 0.2) is 0 Å². The van der Waals surface area contributed by atoms with Crippen LogP contribution in [-0.4, -0.2) is 13.2 Å². The van der Waals surface area contributed by atoms with E-state index in [0.717, 1.165) is 36.6 Å². The lowest BCUT2D eigenvalue weighted by Crippen LogP contribution is -2.14. The first-order valence-corrected chi connectivity index (χ1v) is 6.19. The first-order valence-electron chi connectivity index (χ1n) is 5.81. The van der Waals surface area contributed by atoms with E-state index in [2.05, 4.69) is 12.1 Å². The van der Waals surface area contributed by atoms with Gasteiger partial charge < -0.3 is 10.5 Å². The smallest absolute Gasteiger partial charge is 0.0471 e. The fraction of sp³-hybridized carbons (Fsp3) is 0.538. The molecule has 1 fully saturated rings. The molecule has 0 radical (unpaired) electrons. The van der Waals surface area contributed by atoms with Crippen LogP contribution in [0, 0.1) is 0 Å². The van der Waals surface area contributed by atoms with E-state index in [1.165, 1.54) is 5.56 Å². The number of halogens is 1. The summed E-state index contributed by atoms with van der Waals surface area (Å²) >= 11 is 6.31. The maximum absolute atomic E-state index is 6.31. The van der Waals surface area contributed by atoms with E-state index in [1.807, 2.05) is 13.0 Å². The topological polar surface area (TPSA) is 35.2 Å². The molecule has 0 saturated carbocycles. The van der Waals surface area contributed by atoms with Gasteiger partial charge in [0.05, 0.1) is 0 Å². The van der Waals surface area contributed by atoms with E-state index in [9.17, 15) is 0 Å². The third-order valence-electron chi connectivity index (χ3n) is 3.21. The Balaban J connectivity index is 2.21.